The van der Waals surface area contributed by atoms with Crippen LogP contribution < -0.4 is 10.5 Å². The summed E-state index contributed by atoms with van der Waals surface area (Å²) in [6.45, 7) is 0. The molecule has 9 heteroatoms. The van der Waals surface area contributed by atoms with E-state index in [1.807, 2.05) is 24.3 Å². The molecule has 7 rings (SSSR count). The van der Waals surface area contributed by atoms with Gasteiger partial charge in [-0.05, 0) is 42.5 Å². The molecule has 0 spiro atoms. The van der Waals surface area contributed by atoms with Gasteiger partial charge in [-0.1, -0.05) is 18.2 Å². The van der Waals surface area contributed by atoms with E-state index in [9.17, 15) is 24.5 Å². The van der Waals surface area contributed by atoms with Crippen LogP contribution in [0.25, 0.3) is 38.2 Å². The summed E-state index contributed by atoms with van der Waals surface area (Å²) in [4.78, 5) is 56.8. The molecular weight excluding hydrogens is 448 g/mol. The zero-order chi connectivity index (χ0) is 24.0. The third-order valence-corrected chi connectivity index (χ3v) is 6.56. The molecule has 0 aliphatic carbocycles. The van der Waals surface area contributed by atoms with Gasteiger partial charge in [0.1, 0.15) is 5.65 Å². The van der Waals surface area contributed by atoms with Crippen LogP contribution in [0, 0.1) is 10.1 Å². The number of carbonyl (C=O) groups excluding carboxylic acids is 2. The van der Waals surface area contributed by atoms with Crippen molar-refractivity contribution in [1.82, 2.24) is 9.38 Å². The average Bonchev–Trinajstić information content (AvgIpc) is 3.26. The highest BCUT2D eigenvalue weighted by Gasteiger charge is 2.36. The Kier molecular flexibility index (Phi) is 3.56. The minimum absolute atomic E-state index is 0.103. The molecule has 9 nitrogen and oxygen atoms in total. The number of amides is 2. The highest BCUT2D eigenvalue weighted by Crippen LogP contribution is 2.38. The van der Waals surface area contributed by atoms with Crippen molar-refractivity contribution in [2.75, 3.05) is 4.90 Å². The summed E-state index contributed by atoms with van der Waals surface area (Å²) < 4.78 is 1.55. The molecular formula is C26H12N4O5. The smallest absolute Gasteiger partial charge is 0.268 e. The molecule has 0 fully saturated rings. The van der Waals surface area contributed by atoms with Gasteiger partial charge in [0.05, 0.1) is 21.6 Å². The number of nitro groups is 1. The number of carbonyl (C=O) groups is 2. The van der Waals surface area contributed by atoms with E-state index < -0.39 is 16.7 Å². The Bertz CT molecular complexity index is 1990. The lowest BCUT2D eigenvalue weighted by Crippen LogP contribution is -2.40. The van der Waals surface area contributed by atoms with Crippen molar-refractivity contribution >= 4 is 61.4 Å². The lowest BCUT2D eigenvalue weighted by molar-refractivity contribution is -0.384. The van der Waals surface area contributed by atoms with Crippen LogP contribution in [0.2, 0.25) is 0 Å². The fourth-order valence-corrected chi connectivity index (χ4v) is 5.06. The number of nitro benzene ring substituents is 1. The maximum Gasteiger partial charge on any atom is 0.271 e. The highest BCUT2D eigenvalue weighted by atomic mass is 16.6. The topological polar surface area (TPSA) is 115 Å². The van der Waals surface area contributed by atoms with Gasteiger partial charge in [-0.2, -0.15) is 0 Å². The Hall–Kier alpha value is -5.18. The summed E-state index contributed by atoms with van der Waals surface area (Å²) >= 11 is 0. The predicted molar refractivity (Wildman–Crippen MR) is 129 cm³/mol. The summed E-state index contributed by atoms with van der Waals surface area (Å²) in [5, 5.41) is 13.2. The number of aromatic nitrogens is 2. The first-order chi connectivity index (χ1) is 17.0. The number of hydrogen-bond donors (Lipinski definition) is 0. The number of pyridine rings is 1. The number of para-hydroxylation sites is 2. The third kappa shape index (κ3) is 2.36. The number of nitrogens with zero attached hydrogens (tertiary/aromatic N) is 4. The molecule has 166 valence electrons. The molecule has 35 heavy (non-hydrogen) atoms. The van der Waals surface area contributed by atoms with Gasteiger partial charge in [-0.15, -0.1) is 0 Å². The van der Waals surface area contributed by atoms with Crippen molar-refractivity contribution in [2.24, 2.45) is 0 Å². The predicted octanol–water partition coefficient (Wildman–Crippen LogP) is 4.30. The first-order valence-corrected chi connectivity index (χ1v) is 10.7. The van der Waals surface area contributed by atoms with Crippen LogP contribution in [-0.4, -0.2) is 26.1 Å². The third-order valence-electron chi connectivity index (χ3n) is 6.56. The van der Waals surface area contributed by atoms with Gasteiger partial charge in [0.25, 0.3) is 23.1 Å². The second-order valence-corrected chi connectivity index (χ2v) is 8.36. The van der Waals surface area contributed by atoms with Crippen LogP contribution in [0.15, 0.2) is 77.6 Å². The van der Waals surface area contributed by atoms with Crippen LogP contribution in [0.5, 0.6) is 0 Å². The first kappa shape index (κ1) is 19.3. The maximum absolute atomic E-state index is 13.5. The molecule has 6 aromatic rings. The van der Waals surface area contributed by atoms with Crippen molar-refractivity contribution in [3.63, 3.8) is 0 Å². The fourth-order valence-electron chi connectivity index (χ4n) is 5.06. The monoisotopic (exact) mass is 460 g/mol. The van der Waals surface area contributed by atoms with E-state index in [0.717, 1.165) is 4.90 Å². The molecule has 2 amide bonds. The molecule has 0 N–H and O–H groups in total. The van der Waals surface area contributed by atoms with Crippen molar-refractivity contribution < 1.29 is 14.5 Å². The summed E-state index contributed by atoms with van der Waals surface area (Å²) in [6, 6.07) is 19.2. The molecule has 0 saturated heterocycles. The van der Waals surface area contributed by atoms with E-state index in [1.54, 1.807) is 22.6 Å². The SMILES string of the molecule is O=C1c2ccc3c(=O)n4c5ccccc5nc4c4ccc(c2c34)C(=O)N1c1cccc([N+](=O)[O-])c1. The van der Waals surface area contributed by atoms with Gasteiger partial charge in [0, 0.05) is 44.8 Å². The second-order valence-electron chi connectivity index (χ2n) is 8.36. The van der Waals surface area contributed by atoms with Crippen molar-refractivity contribution in [2.45, 2.75) is 0 Å². The fraction of sp³-hybridized carbons (Fsp3) is 0. The number of imidazole rings is 1. The normalized spacial score (nSPS) is 13.5. The Morgan fingerprint density at radius 1 is 0.771 bits per heavy atom. The summed E-state index contributed by atoms with van der Waals surface area (Å²) in [5.74, 6) is -1.23. The minimum Gasteiger partial charge on any atom is -0.268 e. The van der Waals surface area contributed by atoms with Gasteiger partial charge in [0.15, 0.2) is 0 Å². The number of non-ortho nitro benzene ring substituents is 1. The Balaban J connectivity index is 1.56. The average molecular weight is 460 g/mol. The summed E-state index contributed by atoms with van der Waals surface area (Å²) in [5.41, 5.74) is 1.86. The summed E-state index contributed by atoms with van der Waals surface area (Å²) in [7, 11) is 0. The second kappa shape index (κ2) is 6.45. The Morgan fingerprint density at radius 3 is 2.23 bits per heavy atom. The number of hydrogen-bond acceptors (Lipinski definition) is 6. The number of rotatable bonds is 2. The molecule has 0 unspecified atom stereocenters. The largest absolute Gasteiger partial charge is 0.271 e. The summed E-state index contributed by atoms with van der Waals surface area (Å²) in [6.07, 6.45) is 0. The standard InChI is InChI=1S/C26H12N4O5/c31-24-17-9-8-15-21-16(26(33)29-20-7-2-1-6-19(20)27-23(15)29)10-11-18(22(17)21)25(32)28(24)13-4-3-5-14(12-13)30(34)35/h1-12H. The van der Waals surface area contributed by atoms with E-state index in [4.69, 9.17) is 0 Å². The van der Waals surface area contributed by atoms with Crippen LogP contribution in [0.1, 0.15) is 20.7 Å². The van der Waals surface area contributed by atoms with Gasteiger partial charge in [-0.3, -0.25) is 28.9 Å². The van der Waals surface area contributed by atoms with E-state index >= 15 is 0 Å². The van der Waals surface area contributed by atoms with Gasteiger partial charge >= 0.3 is 0 Å². The molecule has 3 heterocycles. The van der Waals surface area contributed by atoms with Gasteiger partial charge in [-0.25, -0.2) is 9.88 Å². The van der Waals surface area contributed by atoms with Crippen LogP contribution in [-0.2, 0) is 0 Å². The molecule has 1 aliphatic rings. The highest BCUT2D eigenvalue weighted by molar-refractivity contribution is 6.38. The zero-order valence-electron chi connectivity index (χ0n) is 17.8. The number of imide groups is 1. The lowest BCUT2D eigenvalue weighted by atomic mass is 9.90. The number of anilines is 1. The van der Waals surface area contributed by atoms with Crippen molar-refractivity contribution in [3.05, 3.63) is 104 Å². The molecule has 0 bridgehead atoms. The zero-order valence-corrected chi connectivity index (χ0v) is 17.8. The van der Waals surface area contributed by atoms with Gasteiger partial charge in [0.2, 0.25) is 0 Å². The molecule has 2 aromatic heterocycles. The Morgan fingerprint density at radius 2 is 1.49 bits per heavy atom. The molecule has 1 aliphatic heterocycles. The van der Waals surface area contributed by atoms with Crippen molar-refractivity contribution in [3.8, 4) is 0 Å². The van der Waals surface area contributed by atoms with Crippen molar-refractivity contribution in [1.29, 1.82) is 0 Å². The quantitative estimate of drug-likeness (QED) is 0.216. The van der Waals surface area contributed by atoms with Crippen LogP contribution in [0.3, 0.4) is 0 Å². The van der Waals surface area contributed by atoms with Gasteiger partial charge < -0.3 is 0 Å². The number of benzene rings is 4. The van der Waals surface area contributed by atoms with Crippen LogP contribution in [0.4, 0.5) is 11.4 Å². The number of fused-ring (bicyclic) bond motifs is 4. The minimum atomic E-state index is -0.613. The maximum atomic E-state index is 13.5. The lowest BCUT2D eigenvalue weighted by Gasteiger charge is -2.27. The Labute approximate surface area is 194 Å². The molecule has 0 radical (unpaired) electrons. The first-order valence-electron chi connectivity index (χ1n) is 10.7. The van der Waals surface area contributed by atoms with E-state index in [-0.39, 0.29) is 28.1 Å². The molecule has 4 aromatic carbocycles. The van der Waals surface area contributed by atoms with E-state index in [2.05, 4.69) is 4.98 Å². The van der Waals surface area contributed by atoms with E-state index in [1.165, 1.54) is 30.3 Å². The molecule has 0 atom stereocenters. The van der Waals surface area contributed by atoms with E-state index in [0.29, 0.717) is 38.2 Å². The van der Waals surface area contributed by atoms with Crippen LogP contribution >= 0.6 is 0 Å². The molecule has 0 saturated carbocycles.